The lowest BCUT2D eigenvalue weighted by Gasteiger charge is -2.11. The third-order valence-corrected chi connectivity index (χ3v) is 3.35. The number of nitro groups is 1. The van der Waals surface area contributed by atoms with Crippen molar-refractivity contribution in [3.63, 3.8) is 0 Å². The molecule has 2 rings (SSSR count). The molecule has 1 amide bonds. The summed E-state index contributed by atoms with van der Waals surface area (Å²) in [6, 6.07) is 3.44. The fourth-order valence-electron chi connectivity index (χ4n) is 2.13. The second-order valence-corrected chi connectivity index (χ2v) is 5.04. The number of hydrogen-bond acceptors (Lipinski definition) is 7. The summed E-state index contributed by atoms with van der Waals surface area (Å²) in [5.74, 6) is -1.36. The van der Waals surface area contributed by atoms with Crippen molar-refractivity contribution in [3.05, 3.63) is 33.9 Å². The third-order valence-electron chi connectivity index (χ3n) is 3.35. The molecular weight excluding hydrogens is 306 g/mol. The minimum Gasteiger partial charge on any atom is -0.452 e. The van der Waals surface area contributed by atoms with E-state index in [-0.39, 0.29) is 23.0 Å². The fraction of sp³-hybridized carbons (Fsp3) is 0.429. The molecule has 1 aliphatic rings. The first-order valence-corrected chi connectivity index (χ1v) is 7.06. The van der Waals surface area contributed by atoms with Gasteiger partial charge in [0.15, 0.2) is 6.61 Å². The molecule has 9 heteroatoms. The Balaban J connectivity index is 1.85. The molecule has 23 heavy (non-hydrogen) atoms. The van der Waals surface area contributed by atoms with Crippen LogP contribution >= 0.6 is 0 Å². The van der Waals surface area contributed by atoms with Gasteiger partial charge in [-0.3, -0.25) is 14.9 Å². The van der Waals surface area contributed by atoms with E-state index < -0.39 is 23.4 Å². The van der Waals surface area contributed by atoms with Gasteiger partial charge in [0, 0.05) is 31.0 Å². The molecule has 0 saturated carbocycles. The van der Waals surface area contributed by atoms with Crippen molar-refractivity contribution in [1.82, 2.24) is 5.32 Å². The highest BCUT2D eigenvalue weighted by Crippen LogP contribution is 2.20. The van der Waals surface area contributed by atoms with E-state index in [1.165, 1.54) is 12.1 Å². The number of nitrogens with zero attached hydrogens (tertiary/aromatic N) is 1. The molecule has 1 aliphatic heterocycles. The topological polar surface area (TPSA) is 134 Å². The van der Waals surface area contributed by atoms with Crippen LogP contribution in [0.1, 0.15) is 23.2 Å². The van der Waals surface area contributed by atoms with Crippen LogP contribution in [-0.2, 0) is 14.3 Å². The largest absolute Gasteiger partial charge is 0.452 e. The van der Waals surface area contributed by atoms with Crippen molar-refractivity contribution < 1.29 is 24.0 Å². The number of non-ortho nitro benzene ring substituents is 1. The Bertz CT molecular complexity index is 613. The molecule has 1 saturated heterocycles. The van der Waals surface area contributed by atoms with E-state index in [1.54, 1.807) is 0 Å². The molecule has 1 aromatic carbocycles. The van der Waals surface area contributed by atoms with E-state index >= 15 is 0 Å². The van der Waals surface area contributed by atoms with Crippen molar-refractivity contribution >= 4 is 23.3 Å². The molecule has 0 aromatic heterocycles. The van der Waals surface area contributed by atoms with Gasteiger partial charge in [-0.2, -0.15) is 0 Å². The number of nitrogens with one attached hydrogen (secondary N) is 1. The van der Waals surface area contributed by atoms with Crippen LogP contribution in [-0.4, -0.2) is 42.7 Å². The molecule has 0 spiro atoms. The van der Waals surface area contributed by atoms with Crippen LogP contribution in [0.5, 0.6) is 0 Å². The summed E-state index contributed by atoms with van der Waals surface area (Å²) < 4.78 is 10.2. The van der Waals surface area contributed by atoms with Crippen molar-refractivity contribution in [2.45, 2.75) is 18.9 Å². The first-order valence-electron chi connectivity index (χ1n) is 7.06. The van der Waals surface area contributed by atoms with E-state index in [1.807, 2.05) is 0 Å². The smallest absolute Gasteiger partial charge is 0.341 e. The van der Waals surface area contributed by atoms with Crippen LogP contribution < -0.4 is 11.1 Å². The number of hydrogen-bond donors (Lipinski definition) is 2. The van der Waals surface area contributed by atoms with Crippen LogP contribution in [0, 0.1) is 10.1 Å². The maximum absolute atomic E-state index is 11.9. The summed E-state index contributed by atoms with van der Waals surface area (Å²) >= 11 is 0. The van der Waals surface area contributed by atoms with Crippen molar-refractivity contribution in [2.24, 2.45) is 0 Å². The summed E-state index contributed by atoms with van der Waals surface area (Å²) in [6.07, 6.45) is 1.83. The second kappa shape index (κ2) is 7.54. The van der Waals surface area contributed by atoms with Gasteiger partial charge in [0.2, 0.25) is 0 Å². The Morgan fingerprint density at radius 3 is 2.91 bits per heavy atom. The highest BCUT2D eigenvalue weighted by Gasteiger charge is 2.19. The van der Waals surface area contributed by atoms with Gasteiger partial charge in [-0.25, -0.2) is 4.79 Å². The number of anilines is 1. The molecule has 124 valence electrons. The number of benzene rings is 1. The maximum atomic E-state index is 11.9. The highest BCUT2D eigenvalue weighted by molar-refractivity contribution is 5.96. The number of rotatable bonds is 6. The minimum atomic E-state index is -0.890. The zero-order valence-electron chi connectivity index (χ0n) is 12.3. The Labute approximate surface area is 131 Å². The first-order chi connectivity index (χ1) is 11.0. The van der Waals surface area contributed by atoms with Gasteiger partial charge in [-0.05, 0) is 18.9 Å². The normalized spacial score (nSPS) is 16.8. The van der Waals surface area contributed by atoms with Gasteiger partial charge in [0.25, 0.3) is 11.6 Å². The predicted octanol–water partition coefficient (Wildman–Crippen LogP) is 0.629. The van der Waals surface area contributed by atoms with E-state index in [0.29, 0.717) is 13.2 Å². The Kier molecular flexibility index (Phi) is 5.47. The predicted molar refractivity (Wildman–Crippen MR) is 79.8 cm³/mol. The lowest BCUT2D eigenvalue weighted by molar-refractivity contribution is -0.384. The van der Waals surface area contributed by atoms with E-state index in [0.717, 1.165) is 18.9 Å². The molecule has 1 aromatic rings. The third kappa shape index (κ3) is 4.65. The molecule has 1 atom stereocenters. The van der Waals surface area contributed by atoms with Crippen LogP contribution in [0.4, 0.5) is 11.4 Å². The lowest BCUT2D eigenvalue weighted by atomic mass is 10.1. The lowest BCUT2D eigenvalue weighted by Crippen LogP contribution is -2.34. The van der Waals surface area contributed by atoms with Crippen LogP contribution in [0.2, 0.25) is 0 Å². The molecule has 3 N–H and O–H groups in total. The molecule has 1 fully saturated rings. The van der Waals surface area contributed by atoms with Gasteiger partial charge in [0.1, 0.15) is 0 Å². The zero-order valence-corrected chi connectivity index (χ0v) is 12.3. The van der Waals surface area contributed by atoms with Gasteiger partial charge in [0.05, 0.1) is 16.6 Å². The molecule has 0 aliphatic carbocycles. The summed E-state index contributed by atoms with van der Waals surface area (Å²) in [6.45, 7) is 0.546. The minimum absolute atomic E-state index is 0.0120. The van der Waals surface area contributed by atoms with Gasteiger partial charge in [-0.15, -0.1) is 0 Å². The number of esters is 1. The molecule has 0 radical (unpaired) electrons. The number of amides is 1. The van der Waals surface area contributed by atoms with Gasteiger partial charge >= 0.3 is 5.97 Å². The highest BCUT2D eigenvalue weighted by atomic mass is 16.6. The average molecular weight is 323 g/mol. The van der Waals surface area contributed by atoms with E-state index in [2.05, 4.69) is 5.32 Å². The Morgan fingerprint density at radius 1 is 1.48 bits per heavy atom. The first kappa shape index (κ1) is 16.7. The number of nitrogen functional groups attached to an aromatic ring is 1. The van der Waals surface area contributed by atoms with Crippen LogP contribution in [0.3, 0.4) is 0 Å². The standard InChI is InChI=1S/C14H17N3O6/c15-12-4-3-9(17(20)21)6-11(12)14(19)23-8-13(18)16-7-10-2-1-5-22-10/h3-4,6,10H,1-2,5,7-8,15H2,(H,16,18)/t10-/m1/s1. The number of nitro benzene ring substituents is 1. The summed E-state index contributed by atoms with van der Waals surface area (Å²) in [5.41, 5.74) is 5.21. The molecular formula is C14H17N3O6. The Morgan fingerprint density at radius 2 is 2.26 bits per heavy atom. The van der Waals surface area contributed by atoms with Crippen molar-refractivity contribution in [3.8, 4) is 0 Å². The van der Waals surface area contributed by atoms with E-state index in [4.69, 9.17) is 15.2 Å². The van der Waals surface area contributed by atoms with Gasteiger partial charge < -0.3 is 20.5 Å². The van der Waals surface area contributed by atoms with Crippen LogP contribution in [0.15, 0.2) is 18.2 Å². The quantitative estimate of drug-likeness (QED) is 0.339. The van der Waals surface area contributed by atoms with Crippen molar-refractivity contribution in [2.75, 3.05) is 25.5 Å². The Hall–Kier alpha value is -2.68. The van der Waals surface area contributed by atoms with Crippen LogP contribution in [0.25, 0.3) is 0 Å². The number of nitrogens with two attached hydrogens (primary N) is 1. The summed E-state index contributed by atoms with van der Waals surface area (Å²) in [4.78, 5) is 33.5. The maximum Gasteiger partial charge on any atom is 0.341 e. The second-order valence-electron chi connectivity index (χ2n) is 5.04. The van der Waals surface area contributed by atoms with E-state index in [9.17, 15) is 19.7 Å². The fourth-order valence-corrected chi connectivity index (χ4v) is 2.13. The van der Waals surface area contributed by atoms with Gasteiger partial charge in [-0.1, -0.05) is 0 Å². The number of ether oxygens (including phenoxy) is 2. The molecule has 9 nitrogen and oxygen atoms in total. The summed E-state index contributed by atoms with van der Waals surface area (Å²) in [7, 11) is 0. The number of carbonyl (C=O) groups is 2. The van der Waals surface area contributed by atoms with Crippen molar-refractivity contribution in [1.29, 1.82) is 0 Å². The molecule has 0 bridgehead atoms. The number of carbonyl (C=O) groups excluding carboxylic acids is 2. The average Bonchev–Trinajstić information content (AvgIpc) is 3.04. The molecule has 1 heterocycles. The zero-order chi connectivity index (χ0) is 16.8. The molecule has 0 unspecified atom stereocenters. The summed E-state index contributed by atoms with van der Waals surface area (Å²) in [5, 5.41) is 13.3. The SMILES string of the molecule is Nc1ccc([N+](=O)[O-])cc1C(=O)OCC(=O)NC[C@H]1CCCO1. The monoisotopic (exact) mass is 323 g/mol.